The number of amides is 2. The van der Waals surface area contributed by atoms with Crippen molar-refractivity contribution in [3.8, 4) is 0 Å². The van der Waals surface area contributed by atoms with Crippen LogP contribution >= 0.6 is 11.3 Å². The summed E-state index contributed by atoms with van der Waals surface area (Å²) in [4.78, 5) is 33.2. The molecule has 27 heavy (non-hydrogen) atoms. The standard InChI is InChI=1S/C20H22N4O2S/c1-12-22-13(11-27-12)10-21-18(25)16-9-14-5-4-8-24(14)20(16)15-6-2-3-7-17(15)23-19(20)26/h2-3,6-7,11,14,16H,4-5,8-10H2,1H3,(H,21,25)(H,23,26)/t14-,16+,20+/m1/s1. The highest BCUT2D eigenvalue weighted by atomic mass is 32.1. The number of nitrogens with one attached hydrogen (secondary N) is 2. The minimum absolute atomic E-state index is 0.0538. The molecule has 2 fully saturated rings. The van der Waals surface area contributed by atoms with Crippen LogP contribution in [0.25, 0.3) is 0 Å². The number of carbonyl (C=O) groups is 2. The van der Waals surface area contributed by atoms with Crippen LogP contribution in [0.4, 0.5) is 5.69 Å². The summed E-state index contributed by atoms with van der Waals surface area (Å²) in [7, 11) is 0. The maximum atomic E-state index is 13.2. The molecule has 1 aromatic heterocycles. The number of aryl methyl sites for hydroxylation is 1. The predicted octanol–water partition coefficient (Wildman–Crippen LogP) is 2.40. The van der Waals surface area contributed by atoms with Gasteiger partial charge >= 0.3 is 0 Å². The molecule has 0 aliphatic carbocycles. The summed E-state index contributed by atoms with van der Waals surface area (Å²) in [6.45, 7) is 3.22. The number of para-hydroxylation sites is 1. The minimum atomic E-state index is -0.875. The van der Waals surface area contributed by atoms with E-state index < -0.39 is 5.54 Å². The second kappa shape index (κ2) is 6.14. The van der Waals surface area contributed by atoms with Gasteiger partial charge in [0.2, 0.25) is 11.8 Å². The topological polar surface area (TPSA) is 74.3 Å². The normalized spacial score (nSPS) is 29.0. The Morgan fingerprint density at radius 3 is 3.11 bits per heavy atom. The van der Waals surface area contributed by atoms with Crippen LogP contribution in [-0.2, 0) is 21.7 Å². The number of rotatable bonds is 3. The first-order chi connectivity index (χ1) is 13.1. The Labute approximate surface area is 162 Å². The molecule has 0 radical (unpaired) electrons. The van der Waals surface area contributed by atoms with Crippen molar-refractivity contribution in [3.63, 3.8) is 0 Å². The largest absolute Gasteiger partial charge is 0.350 e. The smallest absolute Gasteiger partial charge is 0.250 e. The number of carbonyl (C=O) groups excluding carboxylic acids is 2. The van der Waals surface area contributed by atoms with Crippen molar-refractivity contribution in [1.82, 2.24) is 15.2 Å². The molecule has 6 nitrogen and oxygen atoms in total. The highest BCUT2D eigenvalue weighted by molar-refractivity contribution is 7.09. The molecule has 4 heterocycles. The van der Waals surface area contributed by atoms with Crippen LogP contribution in [0.5, 0.6) is 0 Å². The Bertz CT molecular complexity index is 926. The van der Waals surface area contributed by atoms with Gasteiger partial charge in [0.15, 0.2) is 0 Å². The molecule has 1 aromatic carbocycles. The van der Waals surface area contributed by atoms with E-state index in [-0.39, 0.29) is 17.7 Å². The first kappa shape index (κ1) is 16.9. The number of anilines is 1. The third-order valence-corrected chi connectivity index (χ3v) is 7.02. The third-order valence-electron chi connectivity index (χ3n) is 6.20. The van der Waals surface area contributed by atoms with Crippen molar-refractivity contribution in [2.45, 2.75) is 44.3 Å². The second-order valence-corrected chi connectivity index (χ2v) is 8.68. The lowest BCUT2D eigenvalue weighted by molar-refractivity contribution is -0.137. The Balaban J connectivity index is 1.50. The highest BCUT2D eigenvalue weighted by Gasteiger charge is 2.65. The van der Waals surface area contributed by atoms with E-state index in [1.165, 1.54) is 0 Å². The van der Waals surface area contributed by atoms with Gasteiger partial charge in [0.25, 0.3) is 0 Å². The van der Waals surface area contributed by atoms with Crippen molar-refractivity contribution >= 4 is 28.8 Å². The predicted molar refractivity (Wildman–Crippen MR) is 103 cm³/mol. The fourth-order valence-corrected chi connectivity index (χ4v) is 5.78. The molecule has 3 aliphatic heterocycles. The SMILES string of the molecule is Cc1nc(CNC(=O)[C@@H]2C[C@H]3CCCN3[C@]23C(=O)Nc2ccccc23)cs1. The van der Waals surface area contributed by atoms with Crippen LogP contribution in [0.2, 0.25) is 0 Å². The maximum absolute atomic E-state index is 13.2. The molecular formula is C20H22N4O2S. The summed E-state index contributed by atoms with van der Waals surface area (Å²) >= 11 is 1.58. The molecule has 2 amide bonds. The Kier molecular flexibility index (Phi) is 3.84. The Morgan fingerprint density at radius 2 is 2.30 bits per heavy atom. The van der Waals surface area contributed by atoms with Gasteiger partial charge in [-0.15, -0.1) is 11.3 Å². The summed E-state index contributed by atoms with van der Waals surface area (Å²) in [6.07, 6.45) is 2.85. The maximum Gasteiger partial charge on any atom is 0.250 e. The number of hydrogen-bond donors (Lipinski definition) is 2. The van der Waals surface area contributed by atoms with E-state index in [0.717, 1.165) is 47.8 Å². The first-order valence-corrected chi connectivity index (χ1v) is 10.3. The number of aromatic nitrogens is 1. The summed E-state index contributed by atoms with van der Waals surface area (Å²) < 4.78 is 0. The van der Waals surface area contributed by atoms with Crippen LogP contribution in [-0.4, -0.2) is 34.3 Å². The van der Waals surface area contributed by atoms with Crippen molar-refractivity contribution in [2.24, 2.45) is 5.92 Å². The summed E-state index contributed by atoms with van der Waals surface area (Å²) in [5.41, 5.74) is 1.78. The van der Waals surface area contributed by atoms with Gasteiger partial charge in [0, 0.05) is 22.7 Å². The summed E-state index contributed by atoms with van der Waals surface area (Å²) in [5, 5.41) is 9.03. The van der Waals surface area contributed by atoms with Gasteiger partial charge in [-0.3, -0.25) is 14.5 Å². The number of benzene rings is 1. The van der Waals surface area contributed by atoms with Crippen molar-refractivity contribution in [2.75, 3.05) is 11.9 Å². The number of thiazole rings is 1. The quantitative estimate of drug-likeness (QED) is 0.855. The number of fused-ring (bicyclic) bond motifs is 4. The van der Waals surface area contributed by atoms with Crippen molar-refractivity contribution in [3.05, 3.63) is 45.9 Å². The molecule has 2 saturated heterocycles. The third kappa shape index (κ3) is 2.38. The molecule has 7 heteroatoms. The number of nitrogens with zero attached hydrogens (tertiary/aromatic N) is 2. The van der Waals surface area contributed by atoms with E-state index in [0.29, 0.717) is 12.6 Å². The zero-order valence-electron chi connectivity index (χ0n) is 15.2. The van der Waals surface area contributed by atoms with Crippen molar-refractivity contribution < 1.29 is 9.59 Å². The van der Waals surface area contributed by atoms with Crippen LogP contribution < -0.4 is 10.6 Å². The van der Waals surface area contributed by atoms with Gasteiger partial charge in [-0.05, 0) is 38.8 Å². The van der Waals surface area contributed by atoms with Crippen LogP contribution in [0, 0.1) is 12.8 Å². The van der Waals surface area contributed by atoms with Gasteiger partial charge in [-0.25, -0.2) is 4.98 Å². The second-order valence-electron chi connectivity index (χ2n) is 7.62. The van der Waals surface area contributed by atoms with Crippen LogP contribution in [0.15, 0.2) is 29.6 Å². The zero-order valence-corrected chi connectivity index (χ0v) is 16.0. The highest BCUT2D eigenvalue weighted by Crippen LogP contribution is 2.55. The van der Waals surface area contributed by atoms with Gasteiger partial charge in [0.05, 0.1) is 23.2 Å². The molecule has 3 aliphatic rings. The lowest BCUT2D eigenvalue weighted by atomic mass is 9.78. The van der Waals surface area contributed by atoms with E-state index in [1.807, 2.05) is 36.6 Å². The van der Waals surface area contributed by atoms with Gasteiger partial charge < -0.3 is 10.6 Å². The number of hydrogen-bond acceptors (Lipinski definition) is 5. The van der Waals surface area contributed by atoms with Gasteiger partial charge in [0.1, 0.15) is 5.54 Å². The van der Waals surface area contributed by atoms with E-state index in [1.54, 1.807) is 11.3 Å². The summed E-state index contributed by atoms with van der Waals surface area (Å²) in [6, 6.07) is 8.10. The molecule has 2 N–H and O–H groups in total. The van der Waals surface area contributed by atoms with Crippen LogP contribution in [0.1, 0.15) is 35.5 Å². The minimum Gasteiger partial charge on any atom is -0.350 e. The Morgan fingerprint density at radius 1 is 1.44 bits per heavy atom. The molecule has 1 spiro atoms. The lowest BCUT2D eigenvalue weighted by Crippen LogP contribution is -2.54. The molecule has 140 valence electrons. The average Bonchev–Trinajstić information content (AvgIpc) is 3.39. The van der Waals surface area contributed by atoms with E-state index in [2.05, 4.69) is 20.5 Å². The summed E-state index contributed by atoms with van der Waals surface area (Å²) in [5.74, 6) is -0.495. The van der Waals surface area contributed by atoms with Gasteiger partial charge in [-0.1, -0.05) is 18.2 Å². The zero-order chi connectivity index (χ0) is 18.6. The fourth-order valence-electron chi connectivity index (χ4n) is 5.17. The lowest BCUT2D eigenvalue weighted by Gasteiger charge is -2.36. The van der Waals surface area contributed by atoms with E-state index in [9.17, 15) is 9.59 Å². The monoisotopic (exact) mass is 382 g/mol. The average molecular weight is 382 g/mol. The molecule has 5 rings (SSSR count). The molecule has 2 aromatic rings. The van der Waals surface area contributed by atoms with Crippen LogP contribution in [0.3, 0.4) is 0 Å². The molecule has 0 bridgehead atoms. The van der Waals surface area contributed by atoms with E-state index >= 15 is 0 Å². The molecular weight excluding hydrogens is 360 g/mol. The van der Waals surface area contributed by atoms with Crippen molar-refractivity contribution in [1.29, 1.82) is 0 Å². The molecule has 0 saturated carbocycles. The van der Waals surface area contributed by atoms with E-state index in [4.69, 9.17) is 0 Å². The van der Waals surface area contributed by atoms with Gasteiger partial charge in [-0.2, -0.15) is 0 Å². The molecule has 0 unspecified atom stereocenters. The fraction of sp³-hybridized carbons (Fsp3) is 0.450. The first-order valence-electron chi connectivity index (χ1n) is 9.47. The Hall–Kier alpha value is -2.25. The molecule has 3 atom stereocenters.